The summed E-state index contributed by atoms with van der Waals surface area (Å²) in [4.78, 5) is 14.1. The summed E-state index contributed by atoms with van der Waals surface area (Å²) in [5.74, 6) is 0.0957. The molecule has 106 valence electrons. The SMILES string of the molecule is Cl.O=C(CCN1CCCNCC1)Nc1ccccc1. The Balaban J connectivity index is 0.00000180. The topological polar surface area (TPSA) is 44.4 Å². The van der Waals surface area contributed by atoms with Crippen molar-refractivity contribution in [1.29, 1.82) is 0 Å². The van der Waals surface area contributed by atoms with Gasteiger partial charge in [0, 0.05) is 31.7 Å². The van der Waals surface area contributed by atoms with Crippen molar-refractivity contribution in [3.05, 3.63) is 30.3 Å². The maximum absolute atomic E-state index is 11.8. The molecule has 1 amide bonds. The molecule has 0 radical (unpaired) electrons. The summed E-state index contributed by atoms with van der Waals surface area (Å²) in [6, 6.07) is 9.62. The van der Waals surface area contributed by atoms with Crippen molar-refractivity contribution in [2.75, 3.05) is 38.0 Å². The molecule has 2 N–H and O–H groups in total. The van der Waals surface area contributed by atoms with Crippen LogP contribution < -0.4 is 10.6 Å². The predicted octanol–water partition coefficient (Wildman–Crippen LogP) is 1.73. The molecule has 4 nitrogen and oxygen atoms in total. The maximum atomic E-state index is 11.8. The Labute approximate surface area is 121 Å². The highest BCUT2D eigenvalue weighted by atomic mass is 35.5. The van der Waals surface area contributed by atoms with Crippen molar-refractivity contribution in [2.45, 2.75) is 12.8 Å². The van der Waals surface area contributed by atoms with Crippen LogP contribution >= 0.6 is 12.4 Å². The monoisotopic (exact) mass is 283 g/mol. The van der Waals surface area contributed by atoms with Crippen LogP contribution in [0.2, 0.25) is 0 Å². The average molecular weight is 284 g/mol. The zero-order valence-electron chi connectivity index (χ0n) is 11.1. The van der Waals surface area contributed by atoms with E-state index < -0.39 is 0 Å². The van der Waals surface area contributed by atoms with E-state index in [9.17, 15) is 4.79 Å². The summed E-state index contributed by atoms with van der Waals surface area (Å²) in [5.41, 5.74) is 0.875. The lowest BCUT2D eigenvalue weighted by Gasteiger charge is -2.18. The number of rotatable bonds is 4. The number of hydrogen-bond donors (Lipinski definition) is 2. The van der Waals surface area contributed by atoms with Crippen LogP contribution in [0.4, 0.5) is 5.69 Å². The Bertz CT molecular complexity index is 364. The van der Waals surface area contributed by atoms with Gasteiger partial charge in [0.1, 0.15) is 0 Å². The van der Waals surface area contributed by atoms with Crippen molar-refractivity contribution in [1.82, 2.24) is 10.2 Å². The van der Waals surface area contributed by atoms with Crippen molar-refractivity contribution in [3.63, 3.8) is 0 Å². The number of nitrogens with zero attached hydrogens (tertiary/aromatic N) is 1. The van der Waals surface area contributed by atoms with E-state index in [1.165, 1.54) is 6.42 Å². The molecule has 0 aromatic heterocycles. The lowest BCUT2D eigenvalue weighted by Crippen LogP contribution is -2.31. The van der Waals surface area contributed by atoms with Gasteiger partial charge in [-0.1, -0.05) is 18.2 Å². The lowest BCUT2D eigenvalue weighted by molar-refractivity contribution is -0.116. The van der Waals surface area contributed by atoms with Gasteiger partial charge in [-0.3, -0.25) is 4.79 Å². The number of carbonyl (C=O) groups is 1. The molecule has 1 heterocycles. The van der Waals surface area contributed by atoms with Crippen molar-refractivity contribution in [2.24, 2.45) is 0 Å². The number of hydrogen-bond acceptors (Lipinski definition) is 3. The molecule has 1 aromatic carbocycles. The number of benzene rings is 1. The molecule has 0 atom stereocenters. The van der Waals surface area contributed by atoms with Gasteiger partial charge in [0.2, 0.25) is 5.91 Å². The number of halogens is 1. The summed E-state index contributed by atoms with van der Waals surface area (Å²) in [5, 5.41) is 6.28. The molecule has 0 saturated carbocycles. The standard InChI is InChI=1S/C14H21N3O.ClH/c18-14(16-13-5-2-1-3-6-13)7-11-17-10-4-8-15-9-12-17;/h1-3,5-6,15H,4,7-12H2,(H,16,18);1H. The normalized spacial score (nSPS) is 16.2. The van der Waals surface area contributed by atoms with Gasteiger partial charge in [0.05, 0.1) is 0 Å². The first-order chi connectivity index (χ1) is 8.84. The van der Waals surface area contributed by atoms with Crippen LogP contribution in [0, 0.1) is 0 Å². The number of anilines is 1. The van der Waals surface area contributed by atoms with Crippen LogP contribution in [0.1, 0.15) is 12.8 Å². The molecule has 5 heteroatoms. The summed E-state index contributed by atoms with van der Waals surface area (Å²) in [6.07, 6.45) is 1.73. The van der Waals surface area contributed by atoms with E-state index in [4.69, 9.17) is 0 Å². The Morgan fingerprint density at radius 1 is 1.21 bits per heavy atom. The first-order valence-corrected chi connectivity index (χ1v) is 6.62. The summed E-state index contributed by atoms with van der Waals surface area (Å²) >= 11 is 0. The molecule has 0 bridgehead atoms. The second kappa shape index (κ2) is 8.91. The molecule has 2 rings (SSSR count). The molecular weight excluding hydrogens is 262 g/mol. The molecule has 1 aliphatic heterocycles. The highest BCUT2D eigenvalue weighted by Gasteiger charge is 2.10. The number of nitrogens with one attached hydrogen (secondary N) is 2. The second-order valence-electron chi connectivity index (χ2n) is 4.61. The zero-order valence-corrected chi connectivity index (χ0v) is 11.9. The Morgan fingerprint density at radius 2 is 2.00 bits per heavy atom. The molecule has 1 fully saturated rings. The predicted molar refractivity (Wildman–Crippen MR) is 80.9 cm³/mol. The van der Waals surface area contributed by atoms with E-state index in [1.54, 1.807) is 0 Å². The van der Waals surface area contributed by atoms with Crippen LogP contribution in [-0.4, -0.2) is 43.5 Å². The fraction of sp³-hybridized carbons (Fsp3) is 0.500. The third kappa shape index (κ3) is 6.05. The van der Waals surface area contributed by atoms with Crippen LogP contribution in [0.3, 0.4) is 0 Å². The minimum absolute atomic E-state index is 0. The van der Waals surface area contributed by atoms with Gasteiger partial charge in [-0.05, 0) is 31.6 Å². The molecule has 0 spiro atoms. The van der Waals surface area contributed by atoms with Crippen LogP contribution in [0.15, 0.2) is 30.3 Å². The third-order valence-corrected chi connectivity index (χ3v) is 3.15. The summed E-state index contributed by atoms with van der Waals surface area (Å²) in [7, 11) is 0. The zero-order chi connectivity index (χ0) is 12.6. The average Bonchev–Trinajstić information content (AvgIpc) is 2.66. The van der Waals surface area contributed by atoms with Crippen molar-refractivity contribution < 1.29 is 4.79 Å². The quantitative estimate of drug-likeness (QED) is 0.885. The number of carbonyl (C=O) groups excluding carboxylic acids is 1. The van der Waals surface area contributed by atoms with Crippen LogP contribution in [0.5, 0.6) is 0 Å². The number of amides is 1. The second-order valence-corrected chi connectivity index (χ2v) is 4.61. The number of para-hydroxylation sites is 1. The Morgan fingerprint density at radius 3 is 2.79 bits per heavy atom. The van der Waals surface area contributed by atoms with Gasteiger partial charge in [0.15, 0.2) is 0 Å². The molecule has 1 saturated heterocycles. The van der Waals surface area contributed by atoms with Gasteiger partial charge >= 0.3 is 0 Å². The minimum Gasteiger partial charge on any atom is -0.326 e. The molecule has 1 aliphatic rings. The third-order valence-electron chi connectivity index (χ3n) is 3.15. The van der Waals surface area contributed by atoms with Gasteiger partial charge < -0.3 is 15.5 Å². The summed E-state index contributed by atoms with van der Waals surface area (Å²) < 4.78 is 0. The Kier molecular flexibility index (Phi) is 7.48. The van der Waals surface area contributed by atoms with Crippen molar-refractivity contribution >= 4 is 24.0 Å². The highest BCUT2D eigenvalue weighted by molar-refractivity contribution is 5.90. The van der Waals surface area contributed by atoms with Gasteiger partial charge in [-0.2, -0.15) is 0 Å². The van der Waals surface area contributed by atoms with E-state index in [-0.39, 0.29) is 18.3 Å². The van der Waals surface area contributed by atoms with Crippen LogP contribution in [-0.2, 0) is 4.79 Å². The molecule has 1 aromatic rings. The smallest absolute Gasteiger partial charge is 0.225 e. The van der Waals surface area contributed by atoms with Gasteiger partial charge in [-0.15, -0.1) is 12.4 Å². The maximum Gasteiger partial charge on any atom is 0.225 e. The lowest BCUT2D eigenvalue weighted by atomic mass is 10.3. The molecule has 0 unspecified atom stereocenters. The van der Waals surface area contributed by atoms with E-state index in [0.29, 0.717) is 6.42 Å². The van der Waals surface area contributed by atoms with E-state index in [0.717, 1.165) is 38.4 Å². The summed E-state index contributed by atoms with van der Waals surface area (Å²) in [6.45, 7) is 5.09. The fourth-order valence-electron chi connectivity index (χ4n) is 2.13. The minimum atomic E-state index is 0. The largest absolute Gasteiger partial charge is 0.326 e. The van der Waals surface area contributed by atoms with E-state index >= 15 is 0 Å². The van der Waals surface area contributed by atoms with Gasteiger partial charge in [-0.25, -0.2) is 0 Å². The molecule has 19 heavy (non-hydrogen) atoms. The first kappa shape index (κ1) is 16.0. The molecular formula is C14H22ClN3O. The molecule has 0 aliphatic carbocycles. The van der Waals surface area contributed by atoms with Crippen LogP contribution in [0.25, 0.3) is 0 Å². The first-order valence-electron chi connectivity index (χ1n) is 6.62. The van der Waals surface area contributed by atoms with Gasteiger partial charge in [0.25, 0.3) is 0 Å². The van der Waals surface area contributed by atoms with E-state index in [1.807, 2.05) is 30.3 Å². The van der Waals surface area contributed by atoms with Crippen molar-refractivity contribution in [3.8, 4) is 0 Å². The Hall–Kier alpha value is -1.10. The highest BCUT2D eigenvalue weighted by Crippen LogP contribution is 2.06. The fourth-order valence-corrected chi connectivity index (χ4v) is 2.13. The van der Waals surface area contributed by atoms with E-state index in [2.05, 4.69) is 15.5 Å².